The van der Waals surface area contributed by atoms with Crippen molar-refractivity contribution in [1.82, 2.24) is 5.32 Å². The van der Waals surface area contributed by atoms with Crippen molar-refractivity contribution in [2.24, 2.45) is 0 Å². The van der Waals surface area contributed by atoms with E-state index in [0.29, 0.717) is 18.0 Å². The molecule has 3 unspecified atom stereocenters. The summed E-state index contributed by atoms with van der Waals surface area (Å²) >= 11 is 5.89. The topological polar surface area (TPSA) is 29.1 Å². The molecule has 0 saturated carbocycles. The molecule has 1 fully saturated rings. The molecule has 16 heavy (non-hydrogen) atoms. The third kappa shape index (κ3) is 2.21. The molecule has 86 valence electrons. The van der Waals surface area contributed by atoms with E-state index in [0.717, 1.165) is 10.9 Å². The molecule has 0 radical (unpaired) electrons. The fourth-order valence-corrected chi connectivity index (χ4v) is 2.31. The summed E-state index contributed by atoms with van der Waals surface area (Å²) in [6.45, 7) is 0.527. The number of hydrogen-bond acceptors (Lipinski definition) is 1. The smallest absolute Gasteiger partial charge is 0.255 e. The fraction of sp³-hybridized carbons (Fsp3) is 0.364. The Morgan fingerprint density at radius 2 is 2.25 bits per heavy atom. The minimum absolute atomic E-state index is 0.356. The monoisotopic (exact) mass is 259 g/mol. The maximum absolute atomic E-state index is 13.7. The number of nitrogens with one attached hydrogen (secondary N) is 1. The van der Waals surface area contributed by atoms with Gasteiger partial charge in [0.25, 0.3) is 5.91 Å². The molecule has 0 spiro atoms. The van der Waals surface area contributed by atoms with Crippen LogP contribution < -0.4 is 10.6 Å². The molecular formula is C11H12ClFNOP. The van der Waals surface area contributed by atoms with E-state index < -0.39 is 12.1 Å². The van der Waals surface area contributed by atoms with Crippen molar-refractivity contribution in [1.29, 1.82) is 0 Å². The molecule has 2 rings (SSSR count). The number of halogens is 2. The molecule has 1 amide bonds. The molecule has 1 aliphatic heterocycles. The van der Waals surface area contributed by atoms with Gasteiger partial charge in [-0.2, -0.15) is 0 Å². The standard InChI is InChI=1S/C11H12ClFNOP/c12-8-2-1-6(5-9(8)16)7-3-4-14-11(15)10(7)13/h1-2,5,7,10H,3-4,16H2,(H,14,15). The second-order valence-corrected chi connectivity index (χ2v) is 4.90. The maximum Gasteiger partial charge on any atom is 0.255 e. The van der Waals surface area contributed by atoms with E-state index in [1.54, 1.807) is 12.1 Å². The number of amides is 1. The van der Waals surface area contributed by atoms with E-state index in [4.69, 9.17) is 11.6 Å². The van der Waals surface area contributed by atoms with Crippen molar-refractivity contribution in [3.63, 3.8) is 0 Å². The normalized spacial score (nSPS) is 25.3. The molecular weight excluding hydrogens is 248 g/mol. The highest BCUT2D eigenvalue weighted by Gasteiger charge is 2.32. The molecule has 0 bridgehead atoms. The van der Waals surface area contributed by atoms with Gasteiger partial charge in [0.1, 0.15) is 0 Å². The van der Waals surface area contributed by atoms with Crippen LogP contribution in [0.15, 0.2) is 18.2 Å². The molecule has 1 aromatic carbocycles. The first kappa shape index (κ1) is 11.8. The summed E-state index contributed by atoms with van der Waals surface area (Å²) in [7, 11) is 2.51. The Labute approximate surface area is 101 Å². The summed E-state index contributed by atoms with van der Waals surface area (Å²) in [4.78, 5) is 11.2. The van der Waals surface area contributed by atoms with Gasteiger partial charge in [-0.1, -0.05) is 17.7 Å². The second kappa shape index (κ2) is 4.68. The molecule has 1 saturated heterocycles. The van der Waals surface area contributed by atoms with Gasteiger partial charge in [-0.05, 0) is 29.4 Å². The van der Waals surface area contributed by atoms with Crippen molar-refractivity contribution in [2.45, 2.75) is 18.5 Å². The van der Waals surface area contributed by atoms with Gasteiger partial charge in [-0.25, -0.2) is 4.39 Å². The number of alkyl halides is 1. The Morgan fingerprint density at radius 3 is 2.94 bits per heavy atom. The Kier molecular flexibility index (Phi) is 3.46. The van der Waals surface area contributed by atoms with Gasteiger partial charge in [0, 0.05) is 17.5 Å². The average molecular weight is 260 g/mol. The lowest BCUT2D eigenvalue weighted by Gasteiger charge is -2.26. The van der Waals surface area contributed by atoms with Crippen LogP contribution in [-0.4, -0.2) is 18.6 Å². The van der Waals surface area contributed by atoms with Crippen LogP contribution in [-0.2, 0) is 4.79 Å². The minimum atomic E-state index is -1.46. The number of carbonyl (C=O) groups is 1. The average Bonchev–Trinajstić information content (AvgIpc) is 2.26. The second-order valence-electron chi connectivity index (χ2n) is 3.87. The number of hydrogen-bond donors (Lipinski definition) is 1. The van der Waals surface area contributed by atoms with E-state index in [2.05, 4.69) is 14.6 Å². The zero-order chi connectivity index (χ0) is 11.7. The van der Waals surface area contributed by atoms with Crippen LogP contribution in [0.5, 0.6) is 0 Å². The zero-order valence-corrected chi connectivity index (χ0v) is 10.5. The van der Waals surface area contributed by atoms with Crippen molar-refractivity contribution in [2.75, 3.05) is 6.54 Å². The first-order chi connectivity index (χ1) is 7.59. The van der Waals surface area contributed by atoms with Gasteiger partial charge in [0.15, 0.2) is 6.17 Å². The summed E-state index contributed by atoms with van der Waals surface area (Å²) in [6.07, 6.45) is -0.835. The Bertz CT molecular complexity index is 426. The molecule has 1 N–H and O–H groups in total. The fourth-order valence-electron chi connectivity index (χ4n) is 1.91. The van der Waals surface area contributed by atoms with Crippen molar-refractivity contribution >= 4 is 32.1 Å². The largest absolute Gasteiger partial charge is 0.354 e. The lowest BCUT2D eigenvalue weighted by Crippen LogP contribution is -2.42. The summed E-state index contributed by atoms with van der Waals surface area (Å²) in [6, 6.07) is 5.34. The van der Waals surface area contributed by atoms with Crippen LogP contribution in [0.3, 0.4) is 0 Å². The number of benzene rings is 1. The lowest BCUT2D eigenvalue weighted by molar-refractivity contribution is -0.128. The molecule has 3 atom stereocenters. The first-order valence-electron chi connectivity index (χ1n) is 5.06. The first-order valence-corrected chi connectivity index (χ1v) is 6.02. The van der Waals surface area contributed by atoms with Gasteiger partial charge in [-0.15, -0.1) is 9.24 Å². The summed E-state index contributed by atoms with van der Waals surface area (Å²) in [5, 5.41) is 3.97. The molecule has 1 aromatic rings. The molecule has 1 heterocycles. The van der Waals surface area contributed by atoms with E-state index in [1.165, 1.54) is 0 Å². The van der Waals surface area contributed by atoms with E-state index in [9.17, 15) is 9.18 Å². The Morgan fingerprint density at radius 1 is 1.50 bits per heavy atom. The van der Waals surface area contributed by atoms with E-state index >= 15 is 0 Å². The molecule has 1 aliphatic rings. The zero-order valence-electron chi connectivity index (χ0n) is 8.54. The van der Waals surface area contributed by atoms with Gasteiger partial charge in [0.2, 0.25) is 0 Å². The van der Waals surface area contributed by atoms with E-state index in [-0.39, 0.29) is 5.92 Å². The van der Waals surface area contributed by atoms with Crippen molar-refractivity contribution in [3.05, 3.63) is 28.8 Å². The molecule has 5 heteroatoms. The van der Waals surface area contributed by atoms with Gasteiger partial charge in [0.05, 0.1) is 0 Å². The van der Waals surface area contributed by atoms with Crippen LogP contribution in [0.2, 0.25) is 5.02 Å². The van der Waals surface area contributed by atoms with Gasteiger partial charge < -0.3 is 5.32 Å². The van der Waals surface area contributed by atoms with Crippen LogP contribution in [0.1, 0.15) is 17.9 Å². The summed E-state index contributed by atoms with van der Waals surface area (Å²) in [5.41, 5.74) is 0.830. The van der Waals surface area contributed by atoms with Crippen LogP contribution in [0.4, 0.5) is 4.39 Å². The number of piperidine rings is 1. The predicted molar refractivity (Wildman–Crippen MR) is 66.1 cm³/mol. The van der Waals surface area contributed by atoms with Gasteiger partial charge in [-0.3, -0.25) is 4.79 Å². The molecule has 2 nitrogen and oxygen atoms in total. The lowest BCUT2D eigenvalue weighted by atomic mass is 9.88. The van der Waals surface area contributed by atoms with E-state index in [1.807, 2.05) is 6.07 Å². The SMILES string of the molecule is O=C1NCCC(c2ccc(Cl)c(P)c2)C1F. The molecule has 0 aromatic heterocycles. The highest BCUT2D eigenvalue weighted by molar-refractivity contribution is 7.28. The quantitative estimate of drug-likeness (QED) is 0.766. The summed E-state index contributed by atoms with van der Waals surface area (Å²) < 4.78 is 13.7. The van der Waals surface area contributed by atoms with Crippen molar-refractivity contribution in [3.8, 4) is 0 Å². The maximum atomic E-state index is 13.7. The highest BCUT2D eigenvalue weighted by atomic mass is 35.5. The van der Waals surface area contributed by atoms with Crippen molar-refractivity contribution < 1.29 is 9.18 Å². The third-order valence-corrected chi connectivity index (χ3v) is 3.81. The van der Waals surface area contributed by atoms with Gasteiger partial charge >= 0.3 is 0 Å². The van der Waals surface area contributed by atoms with Crippen LogP contribution in [0.25, 0.3) is 0 Å². The summed E-state index contributed by atoms with van der Waals surface area (Å²) in [5.74, 6) is -0.873. The highest BCUT2D eigenvalue weighted by Crippen LogP contribution is 2.29. The van der Waals surface area contributed by atoms with Crippen LogP contribution in [0, 0.1) is 0 Å². The number of rotatable bonds is 1. The third-order valence-electron chi connectivity index (χ3n) is 2.81. The Hall–Kier alpha value is -0.660. The Balaban J connectivity index is 2.29. The predicted octanol–water partition coefficient (Wildman–Crippen LogP) is 1.78. The minimum Gasteiger partial charge on any atom is -0.354 e. The van der Waals surface area contributed by atoms with Crippen LogP contribution >= 0.6 is 20.8 Å². The number of carbonyl (C=O) groups excluding carboxylic acids is 1. The molecule has 0 aliphatic carbocycles.